The lowest BCUT2D eigenvalue weighted by molar-refractivity contribution is 0.0908. The maximum absolute atomic E-state index is 12.4. The normalized spacial score (nSPS) is 17.7. The number of amides is 1. The second-order valence-electron chi connectivity index (χ2n) is 5.28. The maximum Gasteiger partial charge on any atom is 0.252 e. The van der Waals surface area contributed by atoms with Gasteiger partial charge in [-0.1, -0.05) is 49.7 Å². The van der Waals surface area contributed by atoms with E-state index in [9.17, 15) is 4.79 Å². The van der Waals surface area contributed by atoms with Gasteiger partial charge in [0.1, 0.15) is 0 Å². The Hall–Kier alpha value is -1.42. The van der Waals surface area contributed by atoms with Gasteiger partial charge in [-0.05, 0) is 31.4 Å². The minimum absolute atomic E-state index is 0.0761. The minimum Gasteiger partial charge on any atom is -0.391 e. The predicted octanol–water partition coefficient (Wildman–Crippen LogP) is 2.71. The molecule has 1 aliphatic rings. The predicted molar refractivity (Wildman–Crippen MR) is 81.2 cm³/mol. The highest BCUT2D eigenvalue weighted by Crippen LogP contribution is 2.29. The summed E-state index contributed by atoms with van der Waals surface area (Å²) in [6, 6.07) is 7.57. The van der Waals surface area contributed by atoms with Crippen LogP contribution in [0.4, 0.5) is 0 Å². The van der Waals surface area contributed by atoms with Crippen LogP contribution in [0.15, 0.2) is 24.3 Å². The first kappa shape index (κ1) is 14.0. The van der Waals surface area contributed by atoms with Crippen molar-refractivity contribution in [3.8, 4) is 0 Å². The molecule has 0 unspecified atom stereocenters. The number of hydrogen-bond donors (Lipinski definition) is 2. The van der Waals surface area contributed by atoms with E-state index in [-0.39, 0.29) is 5.91 Å². The Morgan fingerprint density at radius 3 is 2.47 bits per heavy atom. The van der Waals surface area contributed by atoms with Crippen LogP contribution >= 0.6 is 12.2 Å². The van der Waals surface area contributed by atoms with Gasteiger partial charge in [-0.15, -0.1) is 0 Å². The summed E-state index contributed by atoms with van der Waals surface area (Å²) in [5, 5.41) is 3.08. The number of thiocarbonyl (C=S) groups is 1. The Bertz CT molecular complexity index is 493. The molecule has 0 bridgehead atoms. The SMILES string of the molecule is Cc1ccccc1C(=O)NC1(C(N)=S)CCCCC1. The van der Waals surface area contributed by atoms with Crippen molar-refractivity contribution in [2.24, 2.45) is 5.73 Å². The molecule has 0 atom stereocenters. The highest BCUT2D eigenvalue weighted by molar-refractivity contribution is 7.80. The van der Waals surface area contributed by atoms with Crippen LogP contribution in [0, 0.1) is 6.92 Å². The maximum atomic E-state index is 12.4. The topological polar surface area (TPSA) is 55.1 Å². The number of hydrogen-bond acceptors (Lipinski definition) is 2. The average Bonchev–Trinajstić information content (AvgIpc) is 2.40. The summed E-state index contributed by atoms with van der Waals surface area (Å²) < 4.78 is 0. The van der Waals surface area contributed by atoms with E-state index in [2.05, 4.69) is 5.32 Å². The molecule has 2 rings (SSSR count). The Balaban J connectivity index is 2.20. The van der Waals surface area contributed by atoms with Crippen molar-refractivity contribution < 1.29 is 4.79 Å². The Morgan fingerprint density at radius 2 is 1.89 bits per heavy atom. The van der Waals surface area contributed by atoms with Gasteiger partial charge in [-0.3, -0.25) is 4.79 Å². The Kier molecular flexibility index (Phi) is 4.20. The number of rotatable bonds is 3. The van der Waals surface area contributed by atoms with Crippen molar-refractivity contribution in [1.29, 1.82) is 0 Å². The zero-order valence-electron chi connectivity index (χ0n) is 11.2. The fourth-order valence-electron chi connectivity index (χ4n) is 2.70. The van der Waals surface area contributed by atoms with E-state index in [1.54, 1.807) is 0 Å². The Labute approximate surface area is 119 Å². The van der Waals surface area contributed by atoms with Crippen molar-refractivity contribution in [2.45, 2.75) is 44.6 Å². The summed E-state index contributed by atoms with van der Waals surface area (Å²) in [4.78, 5) is 12.8. The summed E-state index contributed by atoms with van der Waals surface area (Å²) in [7, 11) is 0. The summed E-state index contributed by atoms with van der Waals surface area (Å²) >= 11 is 5.19. The third-order valence-corrected chi connectivity index (χ3v) is 4.31. The lowest BCUT2D eigenvalue weighted by Crippen LogP contribution is -2.57. The molecular formula is C15H20N2OS. The molecule has 19 heavy (non-hydrogen) atoms. The first-order valence-electron chi connectivity index (χ1n) is 6.73. The standard InChI is InChI=1S/C15H20N2OS/c1-11-7-3-4-8-12(11)13(18)17-15(14(16)19)9-5-2-6-10-15/h3-4,7-8H,2,5-6,9-10H2,1H3,(H2,16,19)(H,17,18). The van der Waals surface area contributed by atoms with Crippen molar-refractivity contribution >= 4 is 23.1 Å². The number of benzene rings is 1. The molecule has 3 nitrogen and oxygen atoms in total. The molecular weight excluding hydrogens is 256 g/mol. The van der Waals surface area contributed by atoms with Crippen molar-refractivity contribution in [1.82, 2.24) is 5.32 Å². The van der Waals surface area contributed by atoms with Gasteiger partial charge < -0.3 is 11.1 Å². The second kappa shape index (κ2) is 5.70. The highest BCUT2D eigenvalue weighted by atomic mass is 32.1. The average molecular weight is 276 g/mol. The van der Waals surface area contributed by atoms with Crippen LogP contribution < -0.4 is 11.1 Å². The van der Waals surface area contributed by atoms with E-state index in [1.165, 1.54) is 6.42 Å². The van der Waals surface area contributed by atoms with E-state index >= 15 is 0 Å². The van der Waals surface area contributed by atoms with E-state index in [1.807, 2.05) is 31.2 Å². The smallest absolute Gasteiger partial charge is 0.252 e. The van der Waals surface area contributed by atoms with Crippen LogP contribution in [0.5, 0.6) is 0 Å². The first-order chi connectivity index (χ1) is 9.05. The van der Waals surface area contributed by atoms with Crippen molar-refractivity contribution in [3.05, 3.63) is 35.4 Å². The van der Waals surface area contributed by atoms with E-state index < -0.39 is 5.54 Å². The highest BCUT2D eigenvalue weighted by Gasteiger charge is 2.36. The summed E-state index contributed by atoms with van der Waals surface area (Å²) in [5.41, 5.74) is 7.05. The number of nitrogens with one attached hydrogen (secondary N) is 1. The van der Waals surface area contributed by atoms with Gasteiger partial charge in [0, 0.05) is 5.56 Å². The molecule has 1 aromatic carbocycles. The third kappa shape index (κ3) is 2.95. The molecule has 1 aromatic rings. The van der Waals surface area contributed by atoms with Gasteiger partial charge in [0.2, 0.25) is 0 Å². The number of carbonyl (C=O) groups excluding carboxylic acids is 1. The van der Waals surface area contributed by atoms with Gasteiger partial charge >= 0.3 is 0 Å². The lowest BCUT2D eigenvalue weighted by Gasteiger charge is -2.37. The molecule has 1 fully saturated rings. The minimum atomic E-state index is -0.493. The van der Waals surface area contributed by atoms with Crippen LogP contribution in [0.1, 0.15) is 48.0 Å². The van der Waals surface area contributed by atoms with E-state index in [0.717, 1.165) is 31.2 Å². The van der Waals surface area contributed by atoms with Crippen molar-refractivity contribution in [2.75, 3.05) is 0 Å². The monoisotopic (exact) mass is 276 g/mol. The fourth-order valence-corrected chi connectivity index (χ4v) is 2.96. The molecule has 0 spiro atoms. The van der Waals surface area contributed by atoms with Crippen LogP contribution in [-0.2, 0) is 0 Å². The molecule has 3 N–H and O–H groups in total. The summed E-state index contributed by atoms with van der Waals surface area (Å²) in [5.74, 6) is -0.0761. The molecule has 0 saturated heterocycles. The second-order valence-corrected chi connectivity index (χ2v) is 5.72. The van der Waals surface area contributed by atoms with Gasteiger partial charge in [0.05, 0.1) is 10.5 Å². The number of aryl methyl sites for hydroxylation is 1. The molecule has 0 aromatic heterocycles. The molecule has 4 heteroatoms. The van der Waals surface area contributed by atoms with Crippen LogP contribution in [0.3, 0.4) is 0 Å². The molecule has 0 heterocycles. The molecule has 102 valence electrons. The summed E-state index contributed by atoms with van der Waals surface area (Å²) in [6.45, 7) is 1.93. The van der Waals surface area contributed by atoms with Gasteiger partial charge in [0.25, 0.3) is 5.91 Å². The molecule has 0 aliphatic heterocycles. The molecule has 1 aliphatic carbocycles. The number of nitrogens with two attached hydrogens (primary N) is 1. The first-order valence-corrected chi connectivity index (χ1v) is 7.14. The van der Waals surface area contributed by atoms with Gasteiger partial charge in [-0.2, -0.15) is 0 Å². The quantitative estimate of drug-likeness (QED) is 0.835. The van der Waals surface area contributed by atoms with E-state index in [4.69, 9.17) is 18.0 Å². The fraction of sp³-hybridized carbons (Fsp3) is 0.467. The molecule has 1 saturated carbocycles. The number of carbonyl (C=O) groups is 1. The van der Waals surface area contributed by atoms with Crippen LogP contribution in [-0.4, -0.2) is 16.4 Å². The third-order valence-electron chi connectivity index (χ3n) is 3.92. The largest absolute Gasteiger partial charge is 0.391 e. The van der Waals surface area contributed by atoms with Crippen LogP contribution in [0.25, 0.3) is 0 Å². The Morgan fingerprint density at radius 1 is 1.26 bits per heavy atom. The lowest BCUT2D eigenvalue weighted by atomic mass is 9.81. The zero-order valence-corrected chi connectivity index (χ0v) is 12.1. The molecule has 0 radical (unpaired) electrons. The molecule has 1 amide bonds. The summed E-state index contributed by atoms with van der Waals surface area (Å²) in [6.07, 6.45) is 5.00. The van der Waals surface area contributed by atoms with Gasteiger partial charge in [-0.25, -0.2) is 0 Å². The van der Waals surface area contributed by atoms with Gasteiger partial charge in [0.15, 0.2) is 0 Å². The zero-order chi connectivity index (χ0) is 13.9. The van der Waals surface area contributed by atoms with E-state index in [0.29, 0.717) is 10.6 Å². The van der Waals surface area contributed by atoms with Crippen LogP contribution in [0.2, 0.25) is 0 Å². The van der Waals surface area contributed by atoms with Crippen molar-refractivity contribution in [3.63, 3.8) is 0 Å².